The molecule has 0 radical (unpaired) electrons. The van der Waals surface area contributed by atoms with Gasteiger partial charge in [0, 0.05) is 23.9 Å². The summed E-state index contributed by atoms with van der Waals surface area (Å²) in [5.74, 6) is -0.112. The number of hydrogen-bond donors (Lipinski definition) is 1. The maximum Gasteiger partial charge on any atom is 0.335 e. The number of carbonyl (C=O) groups is 1. The molecule has 1 aromatic heterocycles. The van der Waals surface area contributed by atoms with Crippen molar-refractivity contribution in [3.63, 3.8) is 0 Å². The number of aromatic nitrogens is 2. The van der Waals surface area contributed by atoms with E-state index in [1.54, 1.807) is 28.6 Å². The normalized spacial score (nSPS) is 10.4. The third-order valence-corrected chi connectivity index (χ3v) is 3.30. The largest absolute Gasteiger partial charge is 0.478 e. The number of rotatable bonds is 4. The molecule has 0 aliphatic heterocycles. The molecular weight excluding hydrogens is 236 g/mol. The topological polar surface area (TPSA) is 55.1 Å². The van der Waals surface area contributed by atoms with Gasteiger partial charge in [0.2, 0.25) is 0 Å². The van der Waals surface area contributed by atoms with Crippen LogP contribution in [0.5, 0.6) is 0 Å². The van der Waals surface area contributed by atoms with E-state index in [2.05, 4.69) is 5.10 Å². The number of hydrogen-bond acceptors (Lipinski definition) is 3. The zero-order chi connectivity index (χ0) is 12.3. The number of thioether (sulfide) groups is 1. The first-order valence-electron chi connectivity index (χ1n) is 5.10. The lowest BCUT2D eigenvalue weighted by atomic mass is 10.2. The summed E-state index contributed by atoms with van der Waals surface area (Å²) >= 11 is 1.64. The molecular formula is C12H12N2O2S. The molecule has 2 rings (SSSR count). The van der Waals surface area contributed by atoms with Gasteiger partial charge in [-0.1, -0.05) is 0 Å². The SMILES string of the molecule is Cn1ccc(CSc2ccc(C(=O)O)cc2)n1. The summed E-state index contributed by atoms with van der Waals surface area (Å²) in [5, 5.41) is 13.0. The lowest BCUT2D eigenvalue weighted by Gasteiger charge is -2.00. The molecule has 17 heavy (non-hydrogen) atoms. The highest BCUT2D eigenvalue weighted by molar-refractivity contribution is 7.98. The van der Waals surface area contributed by atoms with Crippen molar-refractivity contribution in [3.8, 4) is 0 Å². The summed E-state index contributed by atoms with van der Waals surface area (Å²) in [6.45, 7) is 0. The molecule has 0 bridgehead atoms. The van der Waals surface area contributed by atoms with Crippen molar-refractivity contribution in [2.75, 3.05) is 0 Å². The Bertz CT molecular complexity index is 520. The molecule has 1 heterocycles. The van der Waals surface area contributed by atoms with E-state index in [1.807, 2.05) is 31.4 Å². The average Bonchev–Trinajstić information content (AvgIpc) is 2.73. The van der Waals surface area contributed by atoms with Crippen molar-refractivity contribution >= 4 is 17.7 Å². The van der Waals surface area contributed by atoms with Crippen molar-refractivity contribution in [2.45, 2.75) is 10.6 Å². The van der Waals surface area contributed by atoms with E-state index in [-0.39, 0.29) is 0 Å². The Kier molecular flexibility index (Phi) is 3.49. The smallest absolute Gasteiger partial charge is 0.335 e. The Morgan fingerprint density at radius 1 is 1.35 bits per heavy atom. The summed E-state index contributed by atoms with van der Waals surface area (Å²) < 4.78 is 1.77. The monoisotopic (exact) mass is 248 g/mol. The van der Waals surface area contributed by atoms with Gasteiger partial charge in [-0.3, -0.25) is 4.68 Å². The second-order valence-corrected chi connectivity index (χ2v) is 4.65. The van der Waals surface area contributed by atoms with E-state index in [0.717, 1.165) is 16.3 Å². The summed E-state index contributed by atoms with van der Waals surface area (Å²) in [6, 6.07) is 8.83. The van der Waals surface area contributed by atoms with Gasteiger partial charge in [0.25, 0.3) is 0 Å². The number of carboxylic acid groups (broad SMARTS) is 1. The van der Waals surface area contributed by atoms with E-state index in [4.69, 9.17) is 5.11 Å². The van der Waals surface area contributed by atoms with Gasteiger partial charge in [-0.15, -0.1) is 11.8 Å². The summed E-state index contributed by atoms with van der Waals surface area (Å²) in [4.78, 5) is 11.7. The fourth-order valence-corrected chi connectivity index (χ4v) is 2.19. The maximum absolute atomic E-state index is 10.7. The molecule has 1 N–H and O–H groups in total. The first kappa shape index (κ1) is 11.7. The van der Waals surface area contributed by atoms with Crippen LogP contribution < -0.4 is 0 Å². The lowest BCUT2D eigenvalue weighted by Crippen LogP contribution is -1.94. The van der Waals surface area contributed by atoms with E-state index in [0.29, 0.717) is 5.56 Å². The third kappa shape index (κ3) is 3.10. The summed E-state index contributed by atoms with van der Waals surface area (Å²) in [6.07, 6.45) is 1.91. The lowest BCUT2D eigenvalue weighted by molar-refractivity contribution is 0.0697. The van der Waals surface area contributed by atoms with Crippen LogP contribution in [0.1, 0.15) is 16.1 Å². The first-order valence-corrected chi connectivity index (χ1v) is 6.08. The van der Waals surface area contributed by atoms with Gasteiger partial charge >= 0.3 is 5.97 Å². The van der Waals surface area contributed by atoms with E-state index in [1.165, 1.54) is 0 Å². The van der Waals surface area contributed by atoms with Crippen molar-refractivity contribution < 1.29 is 9.90 Å². The number of carboxylic acids is 1. The van der Waals surface area contributed by atoms with Crippen molar-refractivity contribution in [1.29, 1.82) is 0 Å². The first-order chi connectivity index (χ1) is 8.15. The molecule has 0 atom stereocenters. The predicted octanol–water partition coefficient (Wildman–Crippen LogP) is 2.41. The van der Waals surface area contributed by atoms with Crippen LogP contribution in [0.25, 0.3) is 0 Å². The second-order valence-electron chi connectivity index (χ2n) is 3.60. The standard InChI is InChI=1S/C12H12N2O2S/c1-14-7-6-10(13-14)8-17-11-4-2-9(3-5-11)12(15)16/h2-7H,8H2,1H3,(H,15,16). The molecule has 0 aliphatic carbocycles. The molecule has 0 spiro atoms. The van der Waals surface area contributed by atoms with Crippen LogP contribution in [0, 0.1) is 0 Å². The quantitative estimate of drug-likeness (QED) is 0.844. The highest BCUT2D eigenvalue weighted by atomic mass is 32.2. The molecule has 0 unspecified atom stereocenters. The molecule has 0 saturated carbocycles. The minimum Gasteiger partial charge on any atom is -0.478 e. The Morgan fingerprint density at radius 2 is 2.06 bits per heavy atom. The van der Waals surface area contributed by atoms with Gasteiger partial charge in [-0.25, -0.2) is 4.79 Å². The van der Waals surface area contributed by atoms with Gasteiger partial charge in [0.15, 0.2) is 0 Å². The van der Waals surface area contributed by atoms with Crippen LogP contribution in [-0.2, 0) is 12.8 Å². The number of nitrogens with zero attached hydrogens (tertiary/aromatic N) is 2. The Labute approximate surface area is 103 Å². The number of aromatic carboxylic acids is 1. The van der Waals surface area contributed by atoms with Gasteiger partial charge in [-0.2, -0.15) is 5.10 Å². The Hall–Kier alpha value is -1.75. The second kappa shape index (κ2) is 5.05. The van der Waals surface area contributed by atoms with Gasteiger partial charge < -0.3 is 5.11 Å². The minimum absolute atomic E-state index is 0.312. The number of benzene rings is 1. The molecule has 1 aromatic carbocycles. The van der Waals surface area contributed by atoms with E-state index < -0.39 is 5.97 Å². The molecule has 4 nitrogen and oxygen atoms in total. The zero-order valence-electron chi connectivity index (χ0n) is 9.33. The van der Waals surface area contributed by atoms with Crippen LogP contribution in [0.4, 0.5) is 0 Å². The Balaban J connectivity index is 1.97. The van der Waals surface area contributed by atoms with Gasteiger partial charge in [-0.05, 0) is 30.3 Å². The third-order valence-electron chi connectivity index (χ3n) is 2.26. The van der Waals surface area contributed by atoms with Crippen LogP contribution in [-0.4, -0.2) is 20.9 Å². The van der Waals surface area contributed by atoms with Crippen molar-refractivity contribution in [3.05, 3.63) is 47.8 Å². The zero-order valence-corrected chi connectivity index (χ0v) is 10.1. The van der Waals surface area contributed by atoms with E-state index in [9.17, 15) is 4.79 Å². The summed E-state index contributed by atoms with van der Waals surface area (Å²) in [7, 11) is 1.88. The molecule has 5 heteroatoms. The van der Waals surface area contributed by atoms with Crippen molar-refractivity contribution in [2.24, 2.45) is 7.05 Å². The maximum atomic E-state index is 10.7. The average molecular weight is 248 g/mol. The minimum atomic E-state index is -0.897. The fraction of sp³-hybridized carbons (Fsp3) is 0.167. The van der Waals surface area contributed by atoms with Crippen LogP contribution in [0.2, 0.25) is 0 Å². The molecule has 0 fully saturated rings. The number of aryl methyl sites for hydroxylation is 1. The highest BCUT2D eigenvalue weighted by Gasteiger charge is 2.03. The molecule has 0 saturated heterocycles. The van der Waals surface area contributed by atoms with Gasteiger partial charge in [0.1, 0.15) is 0 Å². The molecule has 0 amide bonds. The predicted molar refractivity (Wildman–Crippen MR) is 66.2 cm³/mol. The van der Waals surface area contributed by atoms with Crippen LogP contribution >= 0.6 is 11.8 Å². The summed E-state index contributed by atoms with van der Waals surface area (Å²) in [5.41, 5.74) is 1.33. The van der Waals surface area contributed by atoms with Crippen LogP contribution in [0.15, 0.2) is 41.4 Å². The fourth-order valence-electron chi connectivity index (χ4n) is 1.39. The van der Waals surface area contributed by atoms with E-state index >= 15 is 0 Å². The van der Waals surface area contributed by atoms with Crippen molar-refractivity contribution in [1.82, 2.24) is 9.78 Å². The highest BCUT2D eigenvalue weighted by Crippen LogP contribution is 2.22. The Morgan fingerprint density at radius 3 is 2.59 bits per heavy atom. The van der Waals surface area contributed by atoms with Crippen LogP contribution in [0.3, 0.4) is 0 Å². The molecule has 88 valence electrons. The molecule has 0 aliphatic rings. The molecule has 2 aromatic rings. The van der Waals surface area contributed by atoms with Gasteiger partial charge in [0.05, 0.1) is 11.3 Å².